The van der Waals surface area contributed by atoms with Crippen molar-refractivity contribution in [3.63, 3.8) is 0 Å². The average molecular weight is 218 g/mol. The highest BCUT2D eigenvalue weighted by Crippen LogP contribution is 2.46. The van der Waals surface area contributed by atoms with Crippen molar-refractivity contribution >= 4 is 17.7 Å². The van der Waals surface area contributed by atoms with E-state index in [0.29, 0.717) is 0 Å². The summed E-state index contributed by atoms with van der Waals surface area (Å²) in [6, 6.07) is 0. The van der Waals surface area contributed by atoms with Crippen LogP contribution in [0.3, 0.4) is 0 Å². The topological polar surface area (TPSA) is 78.9 Å². The van der Waals surface area contributed by atoms with Gasteiger partial charge in [-0.3, -0.25) is 8.75 Å². The third-order valence-electron chi connectivity index (χ3n) is 0.981. The van der Waals surface area contributed by atoms with Gasteiger partial charge in [-0.25, -0.2) is 0 Å². The van der Waals surface area contributed by atoms with Crippen LogP contribution < -0.4 is 0 Å². The molecule has 0 heterocycles. The molecule has 0 N–H and O–H groups in total. The standard InChI is InChI=1S/C4H11O6PS/c1-8-11(5,9-2)4-10-12(3,6)7/h4H2,1-3H3. The van der Waals surface area contributed by atoms with Gasteiger partial charge in [0.25, 0.3) is 10.1 Å². The summed E-state index contributed by atoms with van der Waals surface area (Å²) in [5.41, 5.74) is 0. The minimum Gasteiger partial charge on any atom is -0.310 e. The van der Waals surface area contributed by atoms with Crippen molar-refractivity contribution in [3.05, 3.63) is 0 Å². The Bertz CT molecular complexity index is 261. The Morgan fingerprint density at radius 1 is 1.25 bits per heavy atom. The highest BCUT2D eigenvalue weighted by atomic mass is 32.2. The van der Waals surface area contributed by atoms with Gasteiger partial charge < -0.3 is 9.05 Å². The van der Waals surface area contributed by atoms with Crippen molar-refractivity contribution in [2.75, 3.05) is 26.8 Å². The van der Waals surface area contributed by atoms with Crippen LogP contribution in [0.4, 0.5) is 0 Å². The summed E-state index contributed by atoms with van der Waals surface area (Å²) in [6.07, 6.45) is 0.251. The van der Waals surface area contributed by atoms with E-state index in [9.17, 15) is 13.0 Å². The molecule has 0 radical (unpaired) electrons. The molecule has 0 aliphatic heterocycles. The molecule has 0 aromatic carbocycles. The Hall–Kier alpha value is 0.0600. The van der Waals surface area contributed by atoms with Crippen molar-refractivity contribution in [1.82, 2.24) is 0 Å². The highest BCUT2D eigenvalue weighted by molar-refractivity contribution is 7.86. The molecule has 0 aliphatic carbocycles. The maximum absolute atomic E-state index is 11.2. The molecule has 0 unspecified atom stereocenters. The lowest BCUT2D eigenvalue weighted by Crippen LogP contribution is -2.06. The molecular formula is C4H11O6PS. The van der Waals surface area contributed by atoms with E-state index >= 15 is 0 Å². The van der Waals surface area contributed by atoms with Gasteiger partial charge in [-0.15, -0.1) is 0 Å². The fraction of sp³-hybridized carbons (Fsp3) is 1.00. The van der Waals surface area contributed by atoms with Gasteiger partial charge in [0, 0.05) is 14.2 Å². The van der Waals surface area contributed by atoms with E-state index in [2.05, 4.69) is 13.2 Å². The van der Waals surface area contributed by atoms with E-state index in [1.807, 2.05) is 0 Å². The third-order valence-corrected chi connectivity index (χ3v) is 3.26. The van der Waals surface area contributed by atoms with Crippen LogP contribution in [0.15, 0.2) is 0 Å². The first kappa shape index (κ1) is 12.1. The molecule has 12 heavy (non-hydrogen) atoms. The van der Waals surface area contributed by atoms with Gasteiger partial charge in [0.2, 0.25) is 0 Å². The van der Waals surface area contributed by atoms with Gasteiger partial charge in [0.15, 0.2) is 6.35 Å². The molecule has 0 atom stereocenters. The van der Waals surface area contributed by atoms with E-state index in [4.69, 9.17) is 0 Å². The molecule has 0 amide bonds. The van der Waals surface area contributed by atoms with Gasteiger partial charge in [0.05, 0.1) is 6.26 Å². The summed E-state index contributed by atoms with van der Waals surface area (Å²) in [6.45, 7) is 0. The van der Waals surface area contributed by atoms with Crippen LogP contribution in [0.25, 0.3) is 0 Å². The van der Waals surface area contributed by atoms with Gasteiger partial charge in [-0.05, 0) is 0 Å². The molecule has 6 nitrogen and oxygen atoms in total. The fourth-order valence-electron chi connectivity index (χ4n) is 0.340. The summed E-state index contributed by atoms with van der Waals surface area (Å²) in [5, 5.41) is 0. The number of rotatable bonds is 5. The van der Waals surface area contributed by atoms with Crippen molar-refractivity contribution < 1.29 is 26.2 Å². The molecule has 0 rings (SSSR count). The molecule has 0 fully saturated rings. The maximum atomic E-state index is 11.2. The predicted molar refractivity (Wildman–Crippen MR) is 42.4 cm³/mol. The molecule has 0 aliphatic rings. The van der Waals surface area contributed by atoms with Crippen LogP contribution >= 0.6 is 7.60 Å². The second-order valence-corrected chi connectivity index (χ2v) is 5.78. The molecule has 0 saturated heterocycles. The van der Waals surface area contributed by atoms with Gasteiger partial charge >= 0.3 is 7.60 Å². The lowest BCUT2D eigenvalue weighted by atomic mass is 11.7. The maximum Gasteiger partial charge on any atom is 0.357 e. The average Bonchev–Trinajstić information content (AvgIpc) is 1.99. The van der Waals surface area contributed by atoms with Crippen LogP contribution in [0.5, 0.6) is 0 Å². The molecule has 0 spiro atoms. The zero-order chi connectivity index (χ0) is 9.83. The number of hydrogen-bond donors (Lipinski definition) is 0. The van der Waals surface area contributed by atoms with Crippen LogP contribution in [0, 0.1) is 0 Å². The van der Waals surface area contributed by atoms with E-state index < -0.39 is 24.1 Å². The second kappa shape index (κ2) is 4.34. The second-order valence-electron chi connectivity index (χ2n) is 1.93. The van der Waals surface area contributed by atoms with Gasteiger partial charge in [0.1, 0.15) is 0 Å². The van der Waals surface area contributed by atoms with Gasteiger partial charge in [-0.2, -0.15) is 8.42 Å². The lowest BCUT2D eigenvalue weighted by molar-refractivity contribution is 0.242. The molecule has 0 saturated carbocycles. The smallest absolute Gasteiger partial charge is 0.310 e. The summed E-state index contributed by atoms with van der Waals surface area (Å²) in [4.78, 5) is 0. The van der Waals surface area contributed by atoms with Crippen LogP contribution in [0.1, 0.15) is 0 Å². The summed E-state index contributed by atoms with van der Waals surface area (Å²) < 4.78 is 45.2. The largest absolute Gasteiger partial charge is 0.357 e. The zero-order valence-corrected chi connectivity index (χ0v) is 8.72. The number of hydrogen-bond acceptors (Lipinski definition) is 6. The van der Waals surface area contributed by atoms with E-state index in [1.54, 1.807) is 0 Å². The monoisotopic (exact) mass is 218 g/mol. The van der Waals surface area contributed by atoms with E-state index in [1.165, 1.54) is 0 Å². The van der Waals surface area contributed by atoms with Crippen LogP contribution in [-0.4, -0.2) is 35.2 Å². The fourth-order valence-corrected chi connectivity index (χ4v) is 1.98. The quantitative estimate of drug-likeness (QED) is 0.491. The Labute approximate surface area is 71.5 Å². The van der Waals surface area contributed by atoms with Crippen molar-refractivity contribution in [2.24, 2.45) is 0 Å². The summed E-state index contributed by atoms with van der Waals surface area (Å²) >= 11 is 0. The zero-order valence-electron chi connectivity index (χ0n) is 7.01. The Balaban J connectivity index is 4.17. The third kappa shape index (κ3) is 4.84. The summed E-state index contributed by atoms with van der Waals surface area (Å²) in [7, 11) is -4.69. The first-order valence-corrected chi connectivity index (χ1v) is 6.42. The van der Waals surface area contributed by atoms with Gasteiger partial charge in [-0.1, -0.05) is 0 Å². The highest BCUT2D eigenvalue weighted by Gasteiger charge is 2.23. The minimum atomic E-state index is -3.61. The van der Waals surface area contributed by atoms with Crippen LogP contribution in [-0.2, 0) is 27.9 Å². The normalized spacial score (nSPS) is 13.2. The van der Waals surface area contributed by atoms with E-state index in [-0.39, 0.29) is 0 Å². The Morgan fingerprint density at radius 3 is 1.92 bits per heavy atom. The first-order valence-electron chi connectivity index (χ1n) is 2.88. The molecule has 0 bridgehead atoms. The molecule has 8 heteroatoms. The molecule has 0 aromatic rings. The van der Waals surface area contributed by atoms with Crippen molar-refractivity contribution in [3.8, 4) is 0 Å². The first-order chi connectivity index (χ1) is 5.33. The molecule has 0 aromatic heterocycles. The molecule has 74 valence electrons. The lowest BCUT2D eigenvalue weighted by Gasteiger charge is -2.11. The van der Waals surface area contributed by atoms with Crippen molar-refractivity contribution in [2.45, 2.75) is 0 Å². The molecular weight excluding hydrogens is 207 g/mol. The minimum absolute atomic E-state index is 0.598. The van der Waals surface area contributed by atoms with Crippen molar-refractivity contribution in [1.29, 1.82) is 0 Å². The summed E-state index contributed by atoms with van der Waals surface area (Å²) in [5.74, 6) is 0. The van der Waals surface area contributed by atoms with E-state index in [0.717, 1.165) is 20.5 Å². The predicted octanol–water partition coefficient (Wildman–Crippen LogP) is 0.406. The SMILES string of the molecule is COP(=O)(COS(C)(=O)=O)OC. The Morgan fingerprint density at radius 2 is 1.67 bits per heavy atom. The van der Waals surface area contributed by atoms with Crippen LogP contribution in [0.2, 0.25) is 0 Å². The Kier molecular flexibility index (Phi) is 4.36.